The van der Waals surface area contributed by atoms with Gasteiger partial charge >= 0.3 is 0 Å². The monoisotopic (exact) mass is 261 g/mol. The Balaban J connectivity index is 1.92. The Morgan fingerprint density at radius 2 is 1.95 bits per heavy atom. The molecule has 1 aliphatic carbocycles. The number of hydrogen-bond acceptors (Lipinski definition) is 2. The Morgan fingerprint density at radius 1 is 1.26 bits per heavy atom. The molecule has 1 aromatic carbocycles. The normalized spacial score (nSPS) is 16.5. The molecule has 1 atom stereocenters. The van der Waals surface area contributed by atoms with E-state index < -0.39 is 0 Å². The lowest BCUT2D eigenvalue weighted by Crippen LogP contribution is -2.37. The summed E-state index contributed by atoms with van der Waals surface area (Å²) in [5.74, 6) is 0.765. The number of methoxy groups -OCH3 is 1. The molecule has 0 bridgehead atoms. The molecule has 19 heavy (non-hydrogen) atoms. The van der Waals surface area contributed by atoms with Gasteiger partial charge in [0.1, 0.15) is 0 Å². The third kappa shape index (κ3) is 4.05. The molecular weight excluding hydrogens is 234 g/mol. The van der Waals surface area contributed by atoms with Gasteiger partial charge in [0.2, 0.25) is 0 Å². The standard InChI is InChI=1S/C17H27NO/c1-3-10-18-17(9-6-11-19-2)16-12-14-7-4-5-8-15(14)13-16/h4-5,7-8,16-18H,3,6,9-13H2,1-2H3. The number of rotatable bonds is 8. The lowest BCUT2D eigenvalue weighted by Gasteiger charge is -2.24. The number of benzene rings is 1. The lowest BCUT2D eigenvalue weighted by molar-refractivity contribution is 0.183. The molecule has 0 saturated heterocycles. The Kier molecular flexibility index (Phi) is 5.87. The zero-order valence-electron chi connectivity index (χ0n) is 12.3. The van der Waals surface area contributed by atoms with Crippen molar-refractivity contribution in [2.75, 3.05) is 20.3 Å². The molecule has 0 radical (unpaired) electrons. The average Bonchev–Trinajstić information content (AvgIpc) is 2.86. The van der Waals surface area contributed by atoms with E-state index in [0.29, 0.717) is 6.04 Å². The van der Waals surface area contributed by atoms with Crippen molar-refractivity contribution >= 4 is 0 Å². The molecule has 1 unspecified atom stereocenters. The molecule has 1 aromatic rings. The molecule has 2 nitrogen and oxygen atoms in total. The summed E-state index contributed by atoms with van der Waals surface area (Å²) in [6.07, 6.45) is 6.08. The first kappa shape index (κ1) is 14.5. The van der Waals surface area contributed by atoms with Gasteiger partial charge in [0.15, 0.2) is 0 Å². The van der Waals surface area contributed by atoms with E-state index in [-0.39, 0.29) is 0 Å². The van der Waals surface area contributed by atoms with E-state index in [9.17, 15) is 0 Å². The Morgan fingerprint density at radius 3 is 2.53 bits per heavy atom. The maximum Gasteiger partial charge on any atom is 0.0462 e. The molecule has 0 aliphatic heterocycles. The van der Waals surface area contributed by atoms with Gasteiger partial charge in [-0.05, 0) is 55.7 Å². The van der Waals surface area contributed by atoms with E-state index >= 15 is 0 Å². The highest BCUT2D eigenvalue weighted by molar-refractivity contribution is 5.32. The highest BCUT2D eigenvalue weighted by Crippen LogP contribution is 2.30. The summed E-state index contributed by atoms with van der Waals surface area (Å²) in [5.41, 5.74) is 3.12. The van der Waals surface area contributed by atoms with Crippen LogP contribution in [0.25, 0.3) is 0 Å². The minimum Gasteiger partial charge on any atom is -0.385 e. The quantitative estimate of drug-likeness (QED) is 0.726. The van der Waals surface area contributed by atoms with E-state index in [1.54, 1.807) is 18.2 Å². The maximum absolute atomic E-state index is 5.19. The van der Waals surface area contributed by atoms with Gasteiger partial charge in [-0.25, -0.2) is 0 Å². The minimum absolute atomic E-state index is 0.641. The summed E-state index contributed by atoms with van der Waals surface area (Å²) in [5, 5.41) is 3.75. The second kappa shape index (κ2) is 7.66. The predicted octanol–water partition coefficient (Wildman–Crippen LogP) is 3.20. The van der Waals surface area contributed by atoms with E-state index in [1.165, 1.54) is 25.7 Å². The summed E-state index contributed by atoms with van der Waals surface area (Å²) < 4.78 is 5.19. The van der Waals surface area contributed by atoms with Crippen LogP contribution in [0.3, 0.4) is 0 Å². The van der Waals surface area contributed by atoms with Gasteiger partial charge in [0, 0.05) is 19.8 Å². The third-order valence-electron chi connectivity index (χ3n) is 4.17. The Labute approximate surface area is 117 Å². The van der Waals surface area contributed by atoms with Gasteiger partial charge in [0.05, 0.1) is 0 Å². The summed E-state index contributed by atoms with van der Waals surface area (Å²) in [6.45, 7) is 4.25. The molecule has 1 aliphatic rings. The van der Waals surface area contributed by atoms with Crippen LogP contribution in [0.15, 0.2) is 24.3 Å². The second-order valence-electron chi connectivity index (χ2n) is 5.63. The third-order valence-corrected chi connectivity index (χ3v) is 4.17. The number of hydrogen-bond donors (Lipinski definition) is 1. The van der Waals surface area contributed by atoms with Gasteiger partial charge in [-0.1, -0.05) is 31.2 Å². The van der Waals surface area contributed by atoms with E-state index in [1.807, 2.05) is 0 Å². The number of nitrogens with one attached hydrogen (secondary N) is 1. The molecule has 1 N–H and O–H groups in total. The topological polar surface area (TPSA) is 21.3 Å². The van der Waals surface area contributed by atoms with Crippen molar-refractivity contribution in [3.05, 3.63) is 35.4 Å². The molecule has 0 spiro atoms. The van der Waals surface area contributed by atoms with Crippen LogP contribution in [0.1, 0.15) is 37.3 Å². The van der Waals surface area contributed by atoms with Crippen molar-refractivity contribution in [2.45, 2.75) is 45.1 Å². The van der Waals surface area contributed by atoms with Crippen molar-refractivity contribution in [1.82, 2.24) is 5.32 Å². The molecular formula is C17H27NO. The Hall–Kier alpha value is -0.860. The van der Waals surface area contributed by atoms with Crippen LogP contribution in [-0.2, 0) is 17.6 Å². The molecule has 0 aromatic heterocycles. The summed E-state index contributed by atoms with van der Waals surface area (Å²) in [4.78, 5) is 0. The fourth-order valence-corrected chi connectivity index (χ4v) is 3.16. The zero-order valence-corrected chi connectivity index (χ0v) is 12.3. The smallest absolute Gasteiger partial charge is 0.0462 e. The van der Waals surface area contributed by atoms with E-state index in [4.69, 9.17) is 4.74 Å². The number of ether oxygens (including phenoxy) is 1. The molecule has 0 fully saturated rings. The minimum atomic E-state index is 0.641. The van der Waals surface area contributed by atoms with Gasteiger partial charge < -0.3 is 10.1 Å². The van der Waals surface area contributed by atoms with Gasteiger partial charge in [-0.2, -0.15) is 0 Å². The summed E-state index contributed by atoms with van der Waals surface area (Å²) in [7, 11) is 1.79. The maximum atomic E-state index is 5.19. The average molecular weight is 261 g/mol. The fraction of sp³-hybridized carbons (Fsp3) is 0.647. The van der Waals surface area contributed by atoms with Crippen molar-refractivity contribution in [2.24, 2.45) is 5.92 Å². The Bertz CT molecular complexity index is 352. The first-order valence-corrected chi connectivity index (χ1v) is 7.64. The van der Waals surface area contributed by atoms with Crippen molar-refractivity contribution in [3.8, 4) is 0 Å². The van der Waals surface area contributed by atoms with Crippen LogP contribution in [0.4, 0.5) is 0 Å². The molecule has 0 saturated carbocycles. The first-order valence-electron chi connectivity index (χ1n) is 7.64. The summed E-state index contributed by atoms with van der Waals surface area (Å²) >= 11 is 0. The van der Waals surface area contributed by atoms with Crippen LogP contribution >= 0.6 is 0 Å². The van der Waals surface area contributed by atoms with Crippen molar-refractivity contribution in [1.29, 1.82) is 0 Å². The van der Waals surface area contributed by atoms with Gasteiger partial charge in [-0.15, -0.1) is 0 Å². The number of fused-ring (bicyclic) bond motifs is 1. The van der Waals surface area contributed by atoms with Crippen LogP contribution in [0.2, 0.25) is 0 Å². The zero-order chi connectivity index (χ0) is 13.5. The van der Waals surface area contributed by atoms with Crippen LogP contribution in [0, 0.1) is 5.92 Å². The van der Waals surface area contributed by atoms with Crippen LogP contribution in [0.5, 0.6) is 0 Å². The molecule has 106 valence electrons. The fourth-order valence-electron chi connectivity index (χ4n) is 3.16. The summed E-state index contributed by atoms with van der Waals surface area (Å²) in [6, 6.07) is 9.56. The van der Waals surface area contributed by atoms with E-state index in [2.05, 4.69) is 36.5 Å². The molecule has 0 amide bonds. The van der Waals surface area contributed by atoms with Crippen molar-refractivity contribution < 1.29 is 4.74 Å². The van der Waals surface area contributed by atoms with Gasteiger partial charge in [-0.3, -0.25) is 0 Å². The van der Waals surface area contributed by atoms with E-state index in [0.717, 1.165) is 25.5 Å². The lowest BCUT2D eigenvalue weighted by atomic mass is 9.92. The molecule has 2 rings (SSSR count). The van der Waals surface area contributed by atoms with Gasteiger partial charge in [0.25, 0.3) is 0 Å². The predicted molar refractivity (Wildman–Crippen MR) is 80.5 cm³/mol. The van der Waals surface area contributed by atoms with Crippen LogP contribution in [-0.4, -0.2) is 26.3 Å². The largest absolute Gasteiger partial charge is 0.385 e. The van der Waals surface area contributed by atoms with Crippen molar-refractivity contribution in [3.63, 3.8) is 0 Å². The first-order chi connectivity index (χ1) is 9.35. The molecule has 2 heteroatoms. The molecule has 0 heterocycles. The highest BCUT2D eigenvalue weighted by Gasteiger charge is 2.27. The second-order valence-corrected chi connectivity index (χ2v) is 5.63. The van der Waals surface area contributed by atoms with Crippen LogP contribution < -0.4 is 5.32 Å². The highest BCUT2D eigenvalue weighted by atomic mass is 16.5. The SMILES string of the molecule is CCCNC(CCCOC)C1Cc2ccccc2C1.